The minimum Gasteiger partial charge on any atom is -0.506 e. The molecule has 3 atom stereocenters. The summed E-state index contributed by atoms with van der Waals surface area (Å²) in [6, 6.07) is 15.5. The van der Waals surface area contributed by atoms with Crippen molar-refractivity contribution >= 4 is 23.6 Å². The largest absolute Gasteiger partial charge is 0.506 e. The van der Waals surface area contributed by atoms with Crippen LogP contribution in [0.4, 0.5) is 26.3 Å². The van der Waals surface area contributed by atoms with Gasteiger partial charge in [-0.3, -0.25) is 34.0 Å². The lowest BCUT2D eigenvalue weighted by Gasteiger charge is -2.49. The van der Waals surface area contributed by atoms with Crippen LogP contribution in [0.15, 0.2) is 79.0 Å². The average Bonchev–Trinajstić information content (AvgIpc) is 3.31. The Morgan fingerprint density at radius 3 is 1.72 bits per heavy atom. The van der Waals surface area contributed by atoms with Crippen LogP contribution < -0.4 is 26.0 Å². The van der Waals surface area contributed by atoms with E-state index in [9.17, 15) is 50.6 Å². The van der Waals surface area contributed by atoms with Gasteiger partial charge in [-0.2, -0.15) is 26.3 Å². The summed E-state index contributed by atoms with van der Waals surface area (Å²) in [4.78, 5) is 64.9. The van der Waals surface area contributed by atoms with E-state index >= 15 is 0 Å². The number of hydrogen-bond acceptors (Lipinski definition) is 10. The number of carbonyl (C=O) groups is 4. The van der Waals surface area contributed by atoms with Crippen molar-refractivity contribution in [2.75, 3.05) is 46.4 Å². The van der Waals surface area contributed by atoms with E-state index in [4.69, 9.17) is 9.72 Å². The second kappa shape index (κ2) is 20.8. The average molecular weight is 965 g/mol. The molecule has 0 spiro atoms. The van der Waals surface area contributed by atoms with Crippen LogP contribution in [0.2, 0.25) is 0 Å². The normalized spacial score (nSPS) is 22.7. The summed E-state index contributed by atoms with van der Waals surface area (Å²) in [5.41, 5.74) is 0.359. The molecule has 20 heteroatoms. The lowest BCUT2D eigenvalue weighted by molar-refractivity contribution is -0.138. The van der Waals surface area contributed by atoms with Gasteiger partial charge in [-0.05, 0) is 105 Å². The molecule has 69 heavy (non-hydrogen) atoms. The molecule has 2 saturated carbocycles. The second-order valence-corrected chi connectivity index (χ2v) is 18.4. The number of carbonyl (C=O) groups excluding carboxylic acids is 4. The zero-order valence-electron chi connectivity index (χ0n) is 37.8. The fraction of sp³-hybridized carbons (Fsp3) is 0.469. The van der Waals surface area contributed by atoms with Gasteiger partial charge in [-0.1, -0.05) is 18.2 Å². The SMILES string of the molecule is COc1ccc(C2CCC(N3CC(NC(=O)CNC(=O)c4cccc(C(F)(F)F)c4)C3)CC2)c(C2CC(N3CC(NC(=O)CNC(=O)c4cccc(C(F)(F)F)c4)C3)CCC2c2ncccc2O)n1. The number of pyridine rings is 2. The van der Waals surface area contributed by atoms with Gasteiger partial charge in [-0.15, -0.1) is 0 Å². The van der Waals surface area contributed by atoms with E-state index in [1.165, 1.54) is 12.1 Å². The molecule has 4 amide bonds. The Labute approximate surface area is 394 Å². The first-order valence-corrected chi connectivity index (χ1v) is 23.1. The number of nitrogens with zero attached hydrogens (tertiary/aromatic N) is 4. The van der Waals surface area contributed by atoms with Crippen molar-refractivity contribution in [2.24, 2.45) is 0 Å². The van der Waals surface area contributed by atoms with Crippen LogP contribution in [0.5, 0.6) is 11.6 Å². The van der Waals surface area contributed by atoms with E-state index < -0.39 is 53.7 Å². The van der Waals surface area contributed by atoms with Crippen LogP contribution in [-0.2, 0) is 21.9 Å². The van der Waals surface area contributed by atoms with E-state index in [2.05, 4.69) is 42.1 Å². The van der Waals surface area contributed by atoms with Crippen LogP contribution in [-0.4, -0.2) is 119 Å². The number of alkyl halides is 6. The topological polar surface area (TPSA) is 178 Å². The van der Waals surface area contributed by atoms with Crippen LogP contribution >= 0.6 is 0 Å². The molecule has 3 unspecified atom stereocenters. The van der Waals surface area contributed by atoms with Crippen LogP contribution in [0.1, 0.15) is 111 Å². The monoisotopic (exact) mass is 964 g/mol. The standard InChI is InChI=1S/C49H54F6N8O6/c1-69-43-17-16-37(28-10-12-35(13-11-28)62-24-33(25-62)59-41(65)22-57-46(67)29-5-2-7-31(19-29)48(50,51)52)44(61-43)39-21-36(14-15-38(39)45-40(64)9-4-18-56-45)63-26-34(27-63)60-42(66)23-58-47(68)30-6-3-8-32(20-30)49(53,54)55/h2-9,16-20,28,33-36,38-39,64H,10-15,21-27H2,1H3,(H,57,67)(H,58,68)(H,59,65)(H,60,66). The highest BCUT2D eigenvalue weighted by Crippen LogP contribution is 2.50. The minimum absolute atomic E-state index is 0.117. The number of ether oxygens (including phenoxy) is 1. The molecule has 2 aromatic carbocycles. The Bertz CT molecular complexity index is 2510. The number of benzene rings is 2. The third-order valence-electron chi connectivity index (χ3n) is 13.9. The quantitative estimate of drug-likeness (QED) is 0.0924. The zero-order chi connectivity index (χ0) is 49.0. The van der Waals surface area contributed by atoms with E-state index in [0.29, 0.717) is 50.2 Å². The molecule has 4 heterocycles. The van der Waals surface area contributed by atoms with Gasteiger partial charge in [0.2, 0.25) is 17.7 Å². The number of aromatic nitrogens is 2. The number of amides is 4. The molecule has 0 radical (unpaired) electrons. The lowest BCUT2D eigenvalue weighted by Crippen LogP contribution is -2.63. The molecular formula is C49H54F6N8O6. The predicted octanol–water partition coefficient (Wildman–Crippen LogP) is 6.14. The summed E-state index contributed by atoms with van der Waals surface area (Å²) >= 11 is 0. The maximum absolute atomic E-state index is 13.2. The number of likely N-dealkylation sites (tertiary alicyclic amines) is 2. The van der Waals surface area contributed by atoms with Crippen molar-refractivity contribution < 1.29 is 55.4 Å². The van der Waals surface area contributed by atoms with Crippen molar-refractivity contribution in [3.8, 4) is 11.6 Å². The third-order valence-corrected chi connectivity index (χ3v) is 13.9. The molecule has 2 saturated heterocycles. The molecule has 4 fully saturated rings. The summed E-state index contributed by atoms with van der Waals surface area (Å²) in [6.45, 7) is 1.64. The van der Waals surface area contributed by atoms with E-state index in [0.717, 1.165) is 86.2 Å². The number of halogens is 6. The number of nitrogens with one attached hydrogen (secondary N) is 4. The van der Waals surface area contributed by atoms with Gasteiger partial charge in [0.1, 0.15) is 5.75 Å². The highest BCUT2D eigenvalue weighted by molar-refractivity contribution is 5.97. The Morgan fingerprint density at radius 1 is 0.667 bits per heavy atom. The molecule has 8 rings (SSSR count). The van der Waals surface area contributed by atoms with Crippen molar-refractivity contribution in [1.82, 2.24) is 41.0 Å². The van der Waals surface area contributed by atoms with Gasteiger partial charge < -0.3 is 31.1 Å². The van der Waals surface area contributed by atoms with Crippen LogP contribution in [0.25, 0.3) is 0 Å². The smallest absolute Gasteiger partial charge is 0.416 e. The fourth-order valence-electron chi connectivity index (χ4n) is 10.3. The highest BCUT2D eigenvalue weighted by atomic mass is 19.4. The van der Waals surface area contributed by atoms with Crippen LogP contribution in [0, 0.1) is 0 Å². The highest BCUT2D eigenvalue weighted by Gasteiger charge is 2.44. The first kappa shape index (κ1) is 49.2. The maximum Gasteiger partial charge on any atom is 0.416 e. The summed E-state index contributed by atoms with van der Waals surface area (Å²) in [5, 5.41) is 21.7. The number of methoxy groups -OCH3 is 1. The van der Waals surface area contributed by atoms with Gasteiger partial charge in [0.25, 0.3) is 11.8 Å². The summed E-state index contributed by atoms with van der Waals surface area (Å²) in [5.74, 6) is -1.92. The van der Waals surface area contributed by atoms with Crippen LogP contribution in [0.3, 0.4) is 0 Å². The molecule has 14 nitrogen and oxygen atoms in total. The summed E-state index contributed by atoms with van der Waals surface area (Å²) in [7, 11) is 1.58. The van der Waals surface area contributed by atoms with Crippen molar-refractivity contribution in [3.05, 3.63) is 118 Å². The summed E-state index contributed by atoms with van der Waals surface area (Å²) < 4.78 is 84.4. The molecule has 2 aliphatic carbocycles. The molecule has 0 bridgehead atoms. The number of aromatic hydroxyl groups is 1. The molecule has 2 aromatic heterocycles. The van der Waals surface area contributed by atoms with Crippen molar-refractivity contribution in [1.29, 1.82) is 0 Å². The van der Waals surface area contributed by atoms with E-state index in [-0.39, 0.29) is 59.3 Å². The van der Waals surface area contributed by atoms with Gasteiger partial charge >= 0.3 is 12.4 Å². The van der Waals surface area contributed by atoms with Gasteiger partial charge in [-0.25, -0.2) is 4.98 Å². The third kappa shape index (κ3) is 11.8. The molecule has 4 aliphatic rings. The van der Waals surface area contributed by atoms with Crippen molar-refractivity contribution in [3.63, 3.8) is 0 Å². The molecular weight excluding hydrogens is 911 g/mol. The number of rotatable bonds is 14. The second-order valence-electron chi connectivity index (χ2n) is 18.4. The Kier molecular flexibility index (Phi) is 14.8. The van der Waals surface area contributed by atoms with E-state index in [1.807, 2.05) is 6.07 Å². The Morgan fingerprint density at radius 2 is 1.20 bits per heavy atom. The molecule has 4 aromatic rings. The fourth-order valence-corrected chi connectivity index (χ4v) is 10.3. The van der Waals surface area contributed by atoms with Gasteiger partial charge in [0.05, 0.1) is 54.8 Å². The van der Waals surface area contributed by atoms with E-state index in [1.54, 1.807) is 25.4 Å². The molecule has 368 valence electrons. The first-order valence-electron chi connectivity index (χ1n) is 23.1. The minimum atomic E-state index is -4.61. The summed E-state index contributed by atoms with van der Waals surface area (Å²) in [6.07, 6.45) is -1.68. The zero-order valence-corrected chi connectivity index (χ0v) is 37.8. The maximum atomic E-state index is 13.2. The Balaban J connectivity index is 0.852. The Hall–Kier alpha value is -6.28. The lowest BCUT2D eigenvalue weighted by atomic mass is 9.69. The predicted molar refractivity (Wildman–Crippen MR) is 239 cm³/mol. The molecule has 5 N–H and O–H groups in total. The molecule has 2 aliphatic heterocycles. The van der Waals surface area contributed by atoms with Crippen molar-refractivity contribution in [2.45, 2.75) is 99.2 Å². The first-order chi connectivity index (χ1) is 32.9. The van der Waals surface area contributed by atoms with Gasteiger partial charge in [0, 0.05) is 73.5 Å². The van der Waals surface area contributed by atoms with Gasteiger partial charge in [0.15, 0.2) is 0 Å². The number of hydrogen-bond donors (Lipinski definition) is 5.